The van der Waals surface area contributed by atoms with E-state index in [0.29, 0.717) is 6.61 Å². The third-order valence-electron chi connectivity index (χ3n) is 4.66. The number of aromatic nitrogens is 1. The predicted molar refractivity (Wildman–Crippen MR) is 92.6 cm³/mol. The molecule has 24 heavy (non-hydrogen) atoms. The van der Waals surface area contributed by atoms with Gasteiger partial charge in [0.2, 0.25) is 0 Å². The number of carboxylic acid groups (broad SMARTS) is 1. The van der Waals surface area contributed by atoms with E-state index in [0.717, 1.165) is 37.1 Å². The monoisotopic (exact) mass is 325 g/mol. The molecule has 1 aliphatic rings. The van der Waals surface area contributed by atoms with Crippen molar-refractivity contribution in [3.8, 4) is 5.75 Å². The van der Waals surface area contributed by atoms with E-state index >= 15 is 0 Å². The highest BCUT2D eigenvalue weighted by Gasteiger charge is 2.24. The average Bonchev–Trinajstić information content (AvgIpc) is 2.97. The topological polar surface area (TPSA) is 59.4 Å². The molecule has 4 heteroatoms. The molecule has 1 heterocycles. The minimum absolute atomic E-state index is 0.146. The maximum atomic E-state index is 10.9. The lowest BCUT2D eigenvalue weighted by Gasteiger charge is -2.11. The predicted octanol–water partition coefficient (Wildman–Crippen LogP) is 3.77. The summed E-state index contributed by atoms with van der Waals surface area (Å²) in [5.74, 6) is 0.275. The first-order valence-corrected chi connectivity index (χ1v) is 8.57. The number of pyridine rings is 1. The van der Waals surface area contributed by atoms with Crippen molar-refractivity contribution in [3.63, 3.8) is 0 Å². The van der Waals surface area contributed by atoms with Gasteiger partial charge in [0.05, 0.1) is 13.0 Å². The Balaban J connectivity index is 1.55. The second-order valence-electron chi connectivity index (χ2n) is 6.30. The van der Waals surface area contributed by atoms with Crippen LogP contribution in [0.2, 0.25) is 0 Å². The first kappa shape index (κ1) is 16.5. The fourth-order valence-electron chi connectivity index (χ4n) is 3.28. The van der Waals surface area contributed by atoms with E-state index in [-0.39, 0.29) is 12.3 Å². The van der Waals surface area contributed by atoms with E-state index in [9.17, 15) is 4.79 Å². The van der Waals surface area contributed by atoms with E-state index in [4.69, 9.17) is 9.84 Å². The summed E-state index contributed by atoms with van der Waals surface area (Å²) in [6.07, 6.45) is 5.77. The molecule has 0 amide bonds. The number of carbonyl (C=O) groups is 1. The summed E-state index contributed by atoms with van der Waals surface area (Å²) in [7, 11) is 0. The van der Waals surface area contributed by atoms with Crippen molar-refractivity contribution in [2.24, 2.45) is 0 Å². The summed E-state index contributed by atoms with van der Waals surface area (Å²) in [4.78, 5) is 15.4. The largest absolute Gasteiger partial charge is 0.493 e. The molecule has 1 N–H and O–H groups in total. The number of ether oxygens (including phenoxy) is 1. The van der Waals surface area contributed by atoms with Crippen LogP contribution < -0.4 is 4.74 Å². The summed E-state index contributed by atoms with van der Waals surface area (Å²) in [6, 6.07) is 10.2. The molecule has 3 rings (SSSR count). The Bertz CT molecular complexity index is 709. The lowest BCUT2D eigenvalue weighted by atomic mass is 9.98. The minimum atomic E-state index is -0.727. The van der Waals surface area contributed by atoms with Gasteiger partial charge < -0.3 is 9.84 Å². The van der Waals surface area contributed by atoms with E-state index in [1.54, 1.807) is 0 Å². The third-order valence-corrected chi connectivity index (χ3v) is 4.66. The number of nitrogens with zero attached hydrogens (tertiary/aromatic N) is 1. The van der Waals surface area contributed by atoms with Crippen LogP contribution in [0.3, 0.4) is 0 Å². The van der Waals surface area contributed by atoms with Crippen LogP contribution >= 0.6 is 0 Å². The summed E-state index contributed by atoms with van der Waals surface area (Å²) >= 11 is 0. The molecule has 0 bridgehead atoms. The maximum absolute atomic E-state index is 10.9. The van der Waals surface area contributed by atoms with Gasteiger partial charge in [0.15, 0.2) is 0 Å². The van der Waals surface area contributed by atoms with Crippen molar-refractivity contribution in [1.29, 1.82) is 0 Å². The number of aryl methyl sites for hydroxylation is 2. The molecular weight excluding hydrogens is 302 g/mol. The van der Waals surface area contributed by atoms with Crippen molar-refractivity contribution in [1.82, 2.24) is 4.98 Å². The Morgan fingerprint density at radius 1 is 1.33 bits per heavy atom. The van der Waals surface area contributed by atoms with Crippen molar-refractivity contribution in [2.45, 2.75) is 44.9 Å². The number of hydrogen-bond donors (Lipinski definition) is 1. The van der Waals surface area contributed by atoms with Crippen LogP contribution in [-0.2, 0) is 24.1 Å². The highest BCUT2D eigenvalue weighted by Crippen LogP contribution is 2.37. The van der Waals surface area contributed by atoms with Gasteiger partial charge in [0.1, 0.15) is 5.75 Å². The first-order chi connectivity index (χ1) is 11.7. The number of rotatable bonds is 7. The summed E-state index contributed by atoms with van der Waals surface area (Å²) in [6.45, 7) is 2.71. The zero-order chi connectivity index (χ0) is 16.9. The lowest BCUT2D eigenvalue weighted by Crippen LogP contribution is -2.04. The van der Waals surface area contributed by atoms with Crippen LogP contribution in [0, 0.1) is 0 Å². The van der Waals surface area contributed by atoms with Crippen LogP contribution in [0.5, 0.6) is 5.75 Å². The second kappa shape index (κ2) is 7.47. The molecule has 0 unspecified atom stereocenters. The van der Waals surface area contributed by atoms with Gasteiger partial charge in [0, 0.05) is 18.3 Å². The standard InChI is InChI=1S/C20H23NO3/c1-2-14-3-6-17(21-13-14)9-10-24-18-7-8-19-15(11-18)4-5-16(19)12-20(22)23/h3,6-8,11,13,16H,2,4-5,9-10,12H2,1H3,(H,22,23)/t16-/m0/s1. The van der Waals surface area contributed by atoms with Crippen LogP contribution in [0.4, 0.5) is 0 Å². The maximum Gasteiger partial charge on any atom is 0.303 e. The molecule has 1 aromatic heterocycles. The van der Waals surface area contributed by atoms with E-state index < -0.39 is 5.97 Å². The number of hydrogen-bond acceptors (Lipinski definition) is 3. The van der Waals surface area contributed by atoms with Gasteiger partial charge in [-0.15, -0.1) is 0 Å². The number of carboxylic acids is 1. The molecule has 2 aromatic rings. The van der Waals surface area contributed by atoms with Gasteiger partial charge in [-0.2, -0.15) is 0 Å². The second-order valence-corrected chi connectivity index (χ2v) is 6.30. The smallest absolute Gasteiger partial charge is 0.303 e. The van der Waals surface area contributed by atoms with Gasteiger partial charge >= 0.3 is 5.97 Å². The number of benzene rings is 1. The van der Waals surface area contributed by atoms with E-state index in [2.05, 4.69) is 30.1 Å². The van der Waals surface area contributed by atoms with Crippen LogP contribution in [0.15, 0.2) is 36.5 Å². The van der Waals surface area contributed by atoms with Crippen molar-refractivity contribution < 1.29 is 14.6 Å². The van der Waals surface area contributed by atoms with Crippen molar-refractivity contribution in [3.05, 3.63) is 58.9 Å². The molecule has 126 valence electrons. The average molecular weight is 325 g/mol. The van der Waals surface area contributed by atoms with Gasteiger partial charge in [-0.1, -0.05) is 19.1 Å². The van der Waals surface area contributed by atoms with Crippen LogP contribution in [-0.4, -0.2) is 22.7 Å². The minimum Gasteiger partial charge on any atom is -0.493 e. The summed E-state index contributed by atoms with van der Waals surface area (Å²) in [5, 5.41) is 8.98. The Morgan fingerprint density at radius 3 is 2.92 bits per heavy atom. The molecule has 0 radical (unpaired) electrons. The van der Waals surface area contributed by atoms with Gasteiger partial charge in [0.25, 0.3) is 0 Å². The van der Waals surface area contributed by atoms with Crippen molar-refractivity contribution in [2.75, 3.05) is 6.61 Å². The molecule has 0 saturated carbocycles. The lowest BCUT2D eigenvalue weighted by molar-refractivity contribution is -0.137. The molecule has 1 aromatic carbocycles. The van der Waals surface area contributed by atoms with Crippen molar-refractivity contribution >= 4 is 5.97 Å². The zero-order valence-electron chi connectivity index (χ0n) is 14.0. The van der Waals surface area contributed by atoms with E-state index in [1.807, 2.05) is 18.3 Å². The molecule has 0 fully saturated rings. The Morgan fingerprint density at radius 2 is 2.21 bits per heavy atom. The fraction of sp³-hybridized carbons (Fsp3) is 0.400. The molecule has 1 aliphatic carbocycles. The molecule has 0 aliphatic heterocycles. The molecule has 0 saturated heterocycles. The van der Waals surface area contributed by atoms with E-state index in [1.165, 1.54) is 16.7 Å². The Labute approximate surface area is 142 Å². The van der Waals surface area contributed by atoms with Gasteiger partial charge in [-0.3, -0.25) is 9.78 Å². The highest BCUT2D eigenvalue weighted by molar-refractivity contribution is 5.68. The summed E-state index contributed by atoms with van der Waals surface area (Å²) in [5.41, 5.74) is 4.68. The normalized spacial score (nSPS) is 16.0. The quantitative estimate of drug-likeness (QED) is 0.842. The fourth-order valence-corrected chi connectivity index (χ4v) is 3.28. The van der Waals surface area contributed by atoms with Crippen LogP contribution in [0.1, 0.15) is 48.1 Å². The molecule has 0 spiro atoms. The molecular formula is C20H23NO3. The highest BCUT2D eigenvalue weighted by atomic mass is 16.5. The number of fused-ring (bicyclic) bond motifs is 1. The van der Waals surface area contributed by atoms with Gasteiger partial charge in [-0.25, -0.2) is 0 Å². The SMILES string of the molecule is CCc1ccc(CCOc2ccc3c(c2)CC[C@H]3CC(=O)O)nc1. The van der Waals surface area contributed by atoms with Gasteiger partial charge in [-0.05, 0) is 60.1 Å². The molecule has 4 nitrogen and oxygen atoms in total. The Hall–Kier alpha value is -2.36. The third kappa shape index (κ3) is 3.94. The number of aliphatic carboxylic acids is 1. The Kier molecular flexibility index (Phi) is 5.14. The molecule has 1 atom stereocenters. The first-order valence-electron chi connectivity index (χ1n) is 8.57. The van der Waals surface area contributed by atoms with Crippen LogP contribution in [0.25, 0.3) is 0 Å². The summed E-state index contributed by atoms with van der Waals surface area (Å²) < 4.78 is 5.85. The zero-order valence-corrected chi connectivity index (χ0v) is 14.0.